The lowest BCUT2D eigenvalue weighted by Crippen LogP contribution is -2.29. The Morgan fingerprint density at radius 2 is 1.74 bits per heavy atom. The quantitative estimate of drug-likeness (QED) is 0.191. The van der Waals surface area contributed by atoms with E-state index in [1.165, 1.54) is 24.8 Å². The van der Waals surface area contributed by atoms with E-state index in [1.807, 2.05) is 60.7 Å². The van der Waals surface area contributed by atoms with Crippen LogP contribution in [0.15, 0.2) is 97.2 Å². The van der Waals surface area contributed by atoms with Crippen molar-refractivity contribution in [3.05, 3.63) is 125 Å². The van der Waals surface area contributed by atoms with E-state index in [0.29, 0.717) is 33.8 Å². The second-order valence-electron chi connectivity index (χ2n) is 11.2. The number of carbonyl (C=O) groups excluding carboxylic acids is 2. The standard InChI is InChI=1S/C36H37N5O2/c1-2-30(26-13-5-3-6-14-26)39-35(42)27-17-18-31-29(23-27)33(36(43)40-31)34(32-16-7-8-19-37-32)38-28-15-11-12-25(22-28)24-41-20-9-4-10-21-41/h3,5-8,11-19,22-23,30,38H,2,4,9-10,20-21,24H2,1H3,(H,39,42)(H,40,43)/t30-/m1/s1. The molecule has 1 fully saturated rings. The molecular weight excluding hydrogens is 534 g/mol. The molecule has 2 aliphatic heterocycles. The summed E-state index contributed by atoms with van der Waals surface area (Å²) in [6.45, 7) is 5.20. The van der Waals surface area contributed by atoms with Crippen LogP contribution in [-0.2, 0) is 11.3 Å². The first-order valence-corrected chi connectivity index (χ1v) is 15.1. The highest BCUT2D eigenvalue weighted by molar-refractivity contribution is 6.37. The number of anilines is 2. The number of benzene rings is 3. The first-order valence-electron chi connectivity index (χ1n) is 15.1. The zero-order chi connectivity index (χ0) is 29.6. The molecule has 0 spiro atoms. The molecule has 0 radical (unpaired) electrons. The molecular formula is C36H37N5O2. The molecule has 7 heteroatoms. The van der Waals surface area contributed by atoms with Crippen molar-refractivity contribution >= 4 is 34.5 Å². The maximum Gasteiger partial charge on any atom is 0.258 e. The molecule has 4 aromatic rings. The van der Waals surface area contributed by atoms with Crippen LogP contribution in [0.1, 0.15) is 71.4 Å². The molecule has 0 unspecified atom stereocenters. The zero-order valence-electron chi connectivity index (χ0n) is 24.5. The van der Waals surface area contributed by atoms with E-state index in [4.69, 9.17) is 0 Å². The van der Waals surface area contributed by atoms with Gasteiger partial charge in [-0.05, 0) is 85.9 Å². The predicted octanol–water partition coefficient (Wildman–Crippen LogP) is 6.88. The van der Waals surface area contributed by atoms with Gasteiger partial charge in [-0.3, -0.25) is 19.5 Å². The van der Waals surface area contributed by atoms with Crippen molar-refractivity contribution in [2.24, 2.45) is 0 Å². The molecule has 218 valence electrons. The molecule has 7 nitrogen and oxygen atoms in total. The van der Waals surface area contributed by atoms with Gasteiger partial charge in [-0.1, -0.05) is 61.9 Å². The summed E-state index contributed by atoms with van der Waals surface area (Å²) in [4.78, 5) is 34.0. The van der Waals surface area contributed by atoms with Gasteiger partial charge in [0.1, 0.15) is 0 Å². The van der Waals surface area contributed by atoms with Crippen LogP contribution in [-0.4, -0.2) is 34.8 Å². The summed E-state index contributed by atoms with van der Waals surface area (Å²) in [5.74, 6) is -0.420. The predicted molar refractivity (Wildman–Crippen MR) is 172 cm³/mol. The third kappa shape index (κ3) is 6.52. The second kappa shape index (κ2) is 13.0. The number of amides is 2. The Morgan fingerprint density at radius 3 is 2.51 bits per heavy atom. The minimum atomic E-state index is -0.235. The number of carbonyl (C=O) groups is 2. The van der Waals surface area contributed by atoms with E-state index >= 15 is 0 Å². The van der Waals surface area contributed by atoms with Gasteiger partial charge >= 0.3 is 0 Å². The molecule has 0 bridgehead atoms. The Morgan fingerprint density at radius 1 is 0.930 bits per heavy atom. The van der Waals surface area contributed by atoms with Gasteiger partial charge in [0.25, 0.3) is 11.8 Å². The van der Waals surface area contributed by atoms with Crippen LogP contribution >= 0.6 is 0 Å². The van der Waals surface area contributed by atoms with Gasteiger partial charge in [0.15, 0.2) is 0 Å². The molecule has 1 saturated heterocycles. The van der Waals surface area contributed by atoms with Gasteiger partial charge in [-0.25, -0.2) is 0 Å². The minimum absolute atomic E-state index is 0.111. The highest BCUT2D eigenvalue weighted by Gasteiger charge is 2.30. The van der Waals surface area contributed by atoms with Crippen molar-refractivity contribution in [1.29, 1.82) is 0 Å². The number of nitrogens with zero attached hydrogens (tertiary/aromatic N) is 2. The number of aromatic nitrogens is 1. The first kappa shape index (κ1) is 28.4. The van der Waals surface area contributed by atoms with Crippen LogP contribution in [0.5, 0.6) is 0 Å². The third-order valence-corrected chi connectivity index (χ3v) is 8.16. The summed E-state index contributed by atoms with van der Waals surface area (Å²) < 4.78 is 0. The number of hydrogen-bond acceptors (Lipinski definition) is 5. The summed E-state index contributed by atoms with van der Waals surface area (Å²) in [7, 11) is 0. The van der Waals surface area contributed by atoms with Crippen LogP contribution in [0.3, 0.4) is 0 Å². The topological polar surface area (TPSA) is 86.4 Å². The fourth-order valence-corrected chi connectivity index (χ4v) is 5.94. The SMILES string of the molecule is CC[C@@H](NC(=O)c1ccc2c(c1)C(=C(Nc1cccc(CN3CCCCC3)c1)c1ccccn1)C(=O)N2)c1ccccc1. The molecule has 3 N–H and O–H groups in total. The molecule has 43 heavy (non-hydrogen) atoms. The van der Waals surface area contributed by atoms with Crippen molar-refractivity contribution in [3.63, 3.8) is 0 Å². The van der Waals surface area contributed by atoms with Gasteiger partial charge in [0.2, 0.25) is 0 Å². The number of rotatable bonds is 9. The average molecular weight is 572 g/mol. The number of fused-ring (bicyclic) bond motifs is 1. The Kier molecular flexibility index (Phi) is 8.61. The molecule has 2 amide bonds. The average Bonchev–Trinajstić information content (AvgIpc) is 3.38. The van der Waals surface area contributed by atoms with Crippen molar-refractivity contribution in [1.82, 2.24) is 15.2 Å². The zero-order valence-corrected chi connectivity index (χ0v) is 24.5. The highest BCUT2D eigenvalue weighted by atomic mass is 16.2. The monoisotopic (exact) mass is 571 g/mol. The third-order valence-electron chi connectivity index (χ3n) is 8.16. The summed E-state index contributed by atoms with van der Waals surface area (Å²) in [5, 5.41) is 9.69. The number of nitrogens with one attached hydrogen (secondary N) is 3. The maximum atomic E-state index is 13.5. The molecule has 3 aromatic carbocycles. The Balaban J connectivity index is 1.34. The van der Waals surface area contributed by atoms with E-state index in [0.717, 1.165) is 37.3 Å². The van der Waals surface area contributed by atoms with Crippen LogP contribution in [0.2, 0.25) is 0 Å². The van der Waals surface area contributed by atoms with Gasteiger partial charge in [-0.2, -0.15) is 0 Å². The summed E-state index contributed by atoms with van der Waals surface area (Å²) >= 11 is 0. The minimum Gasteiger partial charge on any atom is -0.353 e. The van der Waals surface area contributed by atoms with Crippen LogP contribution in [0, 0.1) is 0 Å². The van der Waals surface area contributed by atoms with E-state index in [-0.39, 0.29) is 17.9 Å². The lowest BCUT2D eigenvalue weighted by Gasteiger charge is -2.26. The molecule has 0 saturated carbocycles. The molecule has 1 aromatic heterocycles. The van der Waals surface area contributed by atoms with Crippen molar-refractivity contribution in [2.75, 3.05) is 23.7 Å². The van der Waals surface area contributed by atoms with E-state index in [2.05, 4.69) is 44.9 Å². The Bertz CT molecular complexity index is 1630. The van der Waals surface area contributed by atoms with E-state index in [1.54, 1.807) is 24.4 Å². The molecule has 1 atom stereocenters. The van der Waals surface area contributed by atoms with E-state index < -0.39 is 0 Å². The lowest BCUT2D eigenvalue weighted by atomic mass is 9.99. The molecule has 6 rings (SSSR count). The highest BCUT2D eigenvalue weighted by Crippen LogP contribution is 2.38. The number of piperidine rings is 1. The van der Waals surface area contributed by atoms with Crippen molar-refractivity contribution < 1.29 is 9.59 Å². The largest absolute Gasteiger partial charge is 0.353 e. The van der Waals surface area contributed by atoms with Crippen LogP contribution in [0.4, 0.5) is 11.4 Å². The Hall–Kier alpha value is -4.75. The lowest BCUT2D eigenvalue weighted by molar-refractivity contribution is -0.110. The van der Waals surface area contributed by atoms with Gasteiger partial charge in [0.05, 0.1) is 23.0 Å². The normalized spacial score (nSPS) is 16.6. The first-order chi connectivity index (χ1) is 21.1. The maximum absolute atomic E-state index is 13.5. The van der Waals surface area contributed by atoms with Gasteiger partial charge in [0, 0.05) is 35.2 Å². The number of likely N-dealkylation sites (tertiary alicyclic amines) is 1. The summed E-state index contributed by atoms with van der Waals surface area (Å²) in [6, 6.07) is 29.2. The second-order valence-corrected chi connectivity index (χ2v) is 11.2. The fraction of sp³-hybridized carbons (Fsp3) is 0.250. The summed E-state index contributed by atoms with van der Waals surface area (Å²) in [5.41, 5.74) is 6.69. The van der Waals surface area contributed by atoms with Gasteiger partial charge in [-0.15, -0.1) is 0 Å². The number of pyridine rings is 1. The van der Waals surface area contributed by atoms with Crippen molar-refractivity contribution in [2.45, 2.75) is 45.2 Å². The van der Waals surface area contributed by atoms with Crippen LogP contribution < -0.4 is 16.0 Å². The van der Waals surface area contributed by atoms with E-state index in [9.17, 15) is 9.59 Å². The molecule has 0 aliphatic carbocycles. The molecule has 3 heterocycles. The van der Waals surface area contributed by atoms with Crippen LogP contribution in [0.25, 0.3) is 11.3 Å². The summed E-state index contributed by atoms with van der Waals surface area (Å²) in [6.07, 6.45) is 6.27. The Labute approximate surface area is 253 Å². The van der Waals surface area contributed by atoms with Gasteiger partial charge < -0.3 is 16.0 Å². The fourth-order valence-electron chi connectivity index (χ4n) is 5.94. The van der Waals surface area contributed by atoms with Crippen molar-refractivity contribution in [3.8, 4) is 0 Å². The smallest absolute Gasteiger partial charge is 0.258 e. The number of hydrogen-bond donors (Lipinski definition) is 3. The molecule has 2 aliphatic rings.